The van der Waals surface area contributed by atoms with Gasteiger partial charge in [-0.25, -0.2) is 8.42 Å². The van der Waals surface area contributed by atoms with Crippen LogP contribution in [0.15, 0.2) is 23.1 Å². The lowest BCUT2D eigenvalue weighted by Gasteiger charge is -2.35. The van der Waals surface area contributed by atoms with Crippen LogP contribution in [-0.2, 0) is 10.0 Å². The minimum absolute atomic E-state index is 0.000732. The van der Waals surface area contributed by atoms with Gasteiger partial charge in [0.05, 0.1) is 5.02 Å². The summed E-state index contributed by atoms with van der Waals surface area (Å²) in [5.74, 6) is 1.70. The van der Waals surface area contributed by atoms with Crippen LogP contribution in [0.1, 0.15) is 36.5 Å². The molecule has 28 heavy (non-hydrogen) atoms. The van der Waals surface area contributed by atoms with Gasteiger partial charge in [-0.05, 0) is 43.4 Å². The Morgan fingerprint density at radius 1 is 1.36 bits per heavy atom. The Morgan fingerprint density at radius 3 is 2.86 bits per heavy atom. The van der Waals surface area contributed by atoms with Crippen LogP contribution in [0, 0.1) is 5.92 Å². The first-order valence-electron chi connectivity index (χ1n) is 9.64. The summed E-state index contributed by atoms with van der Waals surface area (Å²) < 4.78 is 27.8. The number of piperidine rings is 1. The number of benzene rings is 1. The Kier molecular flexibility index (Phi) is 7.31. The number of nitrogens with zero attached hydrogens (tertiary/aromatic N) is 2. The summed E-state index contributed by atoms with van der Waals surface area (Å²) in [5.41, 5.74) is 0.322. The predicted octanol–water partition coefficient (Wildman–Crippen LogP) is 2.70. The normalized spacial score (nSPS) is 24.3. The van der Waals surface area contributed by atoms with E-state index in [1.54, 1.807) is 22.7 Å². The Hall–Kier alpha value is -0.800. The molecule has 156 valence electrons. The summed E-state index contributed by atoms with van der Waals surface area (Å²) in [6.45, 7) is 3.59. The van der Waals surface area contributed by atoms with Crippen molar-refractivity contribution >= 4 is 39.3 Å². The van der Waals surface area contributed by atoms with Gasteiger partial charge >= 0.3 is 0 Å². The lowest BCUT2D eigenvalue weighted by Crippen LogP contribution is -2.46. The second kappa shape index (κ2) is 9.34. The molecule has 0 radical (unpaired) electrons. The highest BCUT2D eigenvalue weighted by molar-refractivity contribution is 7.99. The third-order valence-corrected chi connectivity index (χ3v) is 8.80. The highest BCUT2D eigenvalue weighted by Gasteiger charge is 2.32. The van der Waals surface area contributed by atoms with E-state index in [4.69, 9.17) is 11.6 Å². The fraction of sp³-hybridized carbons (Fsp3) is 0.632. The quantitative estimate of drug-likeness (QED) is 0.752. The number of aliphatic hydroxyl groups excluding tert-OH is 1. The van der Waals surface area contributed by atoms with Crippen LogP contribution >= 0.6 is 23.4 Å². The number of aliphatic hydroxyl groups is 1. The molecule has 1 aromatic carbocycles. The molecule has 2 saturated heterocycles. The average molecular weight is 447 g/mol. The molecule has 2 fully saturated rings. The van der Waals surface area contributed by atoms with Crippen LogP contribution < -0.4 is 0 Å². The molecule has 2 aliphatic rings. The summed E-state index contributed by atoms with van der Waals surface area (Å²) in [6.07, 6.45) is 2.35. The van der Waals surface area contributed by atoms with E-state index in [1.807, 2.05) is 6.92 Å². The third-order valence-electron chi connectivity index (χ3n) is 5.37. The Morgan fingerprint density at radius 2 is 2.14 bits per heavy atom. The van der Waals surface area contributed by atoms with Crippen LogP contribution in [0.25, 0.3) is 0 Å². The molecule has 0 spiro atoms. The molecular weight excluding hydrogens is 420 g/mol. The highest BCUT2D eigenvalue weighted by Crippen LogP contribution is 2.30. The van der Waals surface area contributed by atoms with Crippen molar-refractivity contribution in [3.8, 4) is 0 Å². The molecule has 9 heteroatoms. The maximum absolute atomic E-state index is 13.2. The molecule has 0 unspecified atom stereocenters. The number of sulfonamides is 1. The number of carbonyl (C=O) groups excluding carboxylic acids is 1. The minimum atomic E-state index is -3.75. The van der Waals surface area contributed by atoms with Gasteiger partial charge in [0.25, 0.3) is 5.91 Å². The molecule has 2 heterocycles. The van der Waals surface area contributed by atoms with E-state index < -0.39 is 10.0 Å². The number of rotatable bonds is 5. The molecule has 6 nitrogen and oxygen atoms in total. The Balaban J connectivity index is 1.89. The maximum Gasteiger partial charge on any atom is 0.254 e. The summed E-state index contributed by atoms with van der Waals surface area (Å²) in [5, 5.41) is 9.43. The lowest BCUT2D eigenvalue weighted by molar-refractivity contribution is 0.0678. The van der Waals surface area contributed by atoms with Crippen molar-refractivity contribution < 1.29 is 18.3 Å². The first kappa shape index (κ1) is 21.9. The van der Waals surface area contributed by atoms with Gasteiger partial charge in [-0.15, -0.1) is 0 Å². The lowest BCUT2D eigenvalue weighted by atomic mass is 10.0. The second-order valence-corrected chi connectivity index (χ2v) is 11.0. The number of thioether (sulfide) groups is 1. The van der Waals surface area contributed by atoms with Gasteiger partial charge in [-0.2, -0.15) is 16.1 Å². The molecule has 3 rings (SSSR count). The highest BCUT2D eigenvalue weighted by atomic mass is 35.5. The van der Waals surface area contributed by atoms with E-state index in [0.717, 1.165) is 24.3 Å². The van der Waals surface area contributed by atoms with Gasteiger partial charge in [-0.1, -0.05) is 18.5 Å². The van der Waals surface area contributed by atoms with Crippen LogP contribution in [0.2, 0.25) is 5.02 Å². The van der Waals surface area contributed by atoms with Crippen LogP contribution in [0.5, 0.6) is 0 Å². The van der Waals surface area contributed by atoms with Gasteiger partial charge in [0.1, 0.15) is 4.90 Å². The number of halogens is 1. The zero-order chi connectivity index (χ0) is 20.3. The van der Waals surface area contributed by atoms with Gasteiger partial charge in [0.15, 0.2) is 0 Å². The first-order valence-corrected chi connectivity index (χ1v) is 12.6. The van der Waals surface area contributed by atoms with Crippen LogP contribution in [0.4, 0.5) is 0 Å². The van der Waals surface area contributed by atoms with Crippen LogP contribution in [0.3, 0.4) is 0 Å². The maximum atomic E-state index is 13.2. The summed E-state index contributed by atoms with van der Waals surface area (Å²) in [6, 6.07) is 4.45. The molecule has 0 bridgehead atoms. The van der Waals surface area contributed by atoms with E-state index in [2.05, 4.69) is 0 Å². The predicted molar refractivity (Wildman–Crippen MR) is 112 cm³/mol. The van der Waals surface area contributed by atoms with Crippen molar-refractivity contribution in [2.45, 2.75) is 37.1 Å². The number of hydrogen-bond donors (Lipinski definition) is 1. The molecule has 1 aromatic rings. The van der Waals surface area contributed by atoms with Gasteiger partial charge in [0.2, 0.25) is 10.0 Å². The van der Waals surface area contributed by atoms with Crippen molar-refractivity contribution in [1.82, 2.24) is 9.21 Å². The van der Waals surface area contributed by atoms with Crippen molar-refractivity contribution in [3.63, 3.8) is 0 Å². The molecule has 1 amide bonds. The topological polar surface area (TPSA) is 77.9 Å². The summed E-state index contributed by atoms with van der Waals surface area (Å²) in [7, 11) is -3.75. The van der Waals surface area contributed by atoms with Gasteiger partial charge in [0, 0.05) is 49.4 Å². The second-order valence-electron chi connectivity index (χ2n) is 7.50. The molecule has 1 N–H and O–H groups in total. The third kappa shape index (κ3) is 4.67. The Bertz CT molecular complexity index is 816. The molecule has 2 aliphatic heterocycles. The van der Waals surface area contributed by atoms with Crippen molar-refractivity contribution in [1.29, 1.82) is 0 Å². The van der Waals surface area contributed by atoms with E-state index in [1.165, 1.54) is 16.4 Å². The smallest absolute Gasteiger partial charge is 0.254 e. The van der Waals surface area contributed by atoms with E-state index >= 15 is 0 Å². The van der Waals surface area contributed by atoms with Gasteiger partial charge < -0.3 is 10.0 Å². The first-order chi connectivity index (χ1) is 13.3. The number of carbonyl (C=O) groups is 1. The monoisotopic (exact) mass is 446 g/mol. The molecule has 0 saturated carbocycles. The molecule has 0 aromatic heterocycles. The average Bonchev–Trinajstić information content (AvgIpc) is 2.68. The number of hydrogen-bond acceptors (Lipinski definition) is 5. The largest absolute Gasteiger partial charge is 0.396 e. The summed E-state index contributed by atoms with van der Waals surface area (Å²) >= 11 is 8.00. The SMILES string of the molecule is C[C@H]1CCCN(S(=O)(=O)c2cc(C(=O)N3CCSC[C@@H]3CCO)ccc2Cl)C1. The van der Waals surface area contributed by atoms with Crippen molar-refractivity contribution in [2.75, 3.05) is 37.7 Å². The van der Waals surface area contributed by atoms with E-state index in [-0.39, 0.29) is 28.5 Å². The molecule has 2 atom stereocenters. The number of amides is 1. The van der Waals surface area contributed by atoms with E-state index in [0.29, 0.717) is 37.5 Å². The van der Waals surface area contributed by atoms with Crippen molar-refractivity contribution in [2.24, 2.45) is 5.92 Å². The standard InChI is InChI=1S/C19H27ClN2O4S2/c1-14-3-2-7-21(12-14)28(25,26)18-11-15(4-5-17(18)20)19(24)22-8-10-27-13-16(22)6-9-23/h4-5,11,14,16,23H,2-3,6-10,12-13H2,1H3/t14-,16-/m0/s1. The van der Waals surface area contributed by atoms with Crippen molar-refractivity contribution in [3.05, 3.63) is 28.8 Å². The Labute approximate surface area is 176 Å². The summed E-state index contributed by atoms with van der Waals surface area (Å²) in [4.78, 5) is 14.8. The zero-order valence-electron chi connectivity index (χ0n) is 16.0. The van der Waals surface area contributed by atoms with Gasteiger partial charge in [-0.3, -0.25) is 4.79 Å². The molecule has 0 aliphatic carbocycles. The zero-order valence-corrected chi connectivity index (χ0v) is 18.4. The van der Waals surface area contributed by atoms with Crippen LogP contribution in [-0.4, -0.2) is 72.4 Å². The van der Waals surface area contributed by atoms with E-state index in [9.17, 15) is 18.3 Å². The fourth-order valence-corrected chi connectivity index (χ4v) is 7.02. The molecular formula is C19H27ClN2O4S2. The minimum Gasteiger partial charge on any atom is -0.396 e. The fourth-order valence-electron chi connectivity index (χ4n) is 3.81.